The van der Waals surface area contributed by atoms with Gasteiger partial charge in [0.15, 0.2) is 0 Å². The van der Waals surface area contributed by atoms with Crippen LogP contribution in [0.4, 0.5) is 18.9 Å². The van der Waals surface area contributed by atoms with Crippen molar-refractivity contribution in [1.82, 2.24) is 0 Å². The second-order valence-electron chi connectivity index (χ2n) is 3.58. The second kappa shape index (κ2) is 6.14. The first kappa shape index (κ1) is 14.9. The van der Waals surface area contributed by atoms with Gasteiger partial charge < -0.3 is 10.5 Å². The molecule has 2 N–H and O–H groups in total. The van der Waals surface area contributed by atoms with Crippen molar-refractivity contribution >= 4 is 11.7 Å². The summed E-state index contributed by atoms with van der Waals surface area (Å²) in [6.45, 7) is 1.93. The average molecular weight is 271 g/mol. The van der Waals surface area contributed by atoms with Crippen LogP contribution in [0, 0.1) is 11.8 Å². The Kier molecular flexibility index (Phi) is 4.81. The molecule has 102 valence electrons. The van der Waals surface area contributed by atoms with E-state index in [9.17, 15) is 18.0 Å². The molecule has 3 nitrogen and oxygen atoms in total. The molecule has 0 aliphatic heterocycles. The minimum Gasteiger partial charge on any atom is -0.465 e. The molecule has 0 unspecified atom stereocenters. The van der Waals surface area contributed by atoms with Gasteiger partial charge in [0.25, 0.3) is 0 Å². The molecule has 0 atom stereocenters. The molecule has 0 spiro atoms. The molecular formula is C13H12F3NO2. The molecule has 19 heavy (non-hydrogen) atoms. The summed E-state index contributed by atoms with van der Waals surface area (Å²) in [7, 11) is 0. The minimum atomic E-state index is -4.49. The Morgan fingerprint density at radius 1 is 1.42 bits per heavy atom. The van der Waals surface area contributed by atoms with Crippen LogP contribution in [0.15, 0.2) is 18.2 Å². The van der Waals surface area contributed by atoms with E-state index in [0.29, 0.717) is 5.56 Å². The van der Waals surface area contributed by atoms with E-state index in [0.717, 1.165) is 12.1 Å². The maximum absolute atomic E-state index is 12.4. The average Bonchev–Trinajstić information content (AvgIpc) is 2.27. The van der Waals surface area contributed by atoms with Gasteiger partial charge in [0.1, 0.15) is 6.42 Å². The molecule has 0 radical (unpaired) electrons. The van der Waals surface area contributed by atoms with Crippen molar-refractivity contribution in [2.75, 3.05) is 12.3 Å². The quantitative estimate of drug-likeness (QED) is 0.511. The lowest BCUT2D eigenvalue weighted by molar-refractivity contribution is -0.141. The lowest BCUT2D eigenvalue weighted by Crippen LogP contribution is -2.08. The zero-order valence-electron chi connectivity index (χ0n) is 10.2. The van der Waals surface area contributed by atoms with E-state index in [-0.39, 0.29) is 13.0 Å². The normalized spacial score (nSPS) is 10.5. The molecule has 0 aliphatic carbocycles. The minimum absolute atomic E-state index is 0.116. The van der Waals surface area contributed by atoms with Crippen LogP contribution in [0.25, 0.3) is 0 Å². The van der Waals surface area contributed by atoms with E-state index in [2.05, 4.69) is 16.6 Å². The van der Waals surface area contributed by atoms with Crippen LogP contribution < -0.4 is 5.73 Å². The largest absolute Gasteiger partial charge is 0.465 e. The molecule has 0 amide bonds. The molecule has 1 aromatic carbocycles. The van der Waals surface area contributed by atoms with Crippen LogP contribution in [-0.2, 0) is 15.7 Å². The summed E-state index contributed by atoms with van der Waals surface area (Å²) in [4.78, 5) is 11.0. The van der Waals surface area contributed by atoms with Gasteiger partial charge >= 0.3 is 12.1 Å². The molecule has 0 saturated heterocycles. The van der Waals surface area contributed by atoms with Gasteiger partial charge in [-0.25, -0.2) is 0 Å². The first-order valence-electron chi connectivity index (χ1n) is 5.45. The molecule has 0 aromatic heterocycles. The number of rotatable bonds is 2. The Morgan fingerprint density at radius 2 is 2.11 bits per heavy atom. The third-order valence-corrected chi connectivity index (χ3v) is 2.13. The Balaban J connectivity index is 2.80. The van der Waals surface area contributed by atoms with Gasteiger partial charge in [-0.3, -0.25) is 4.79 Å². The molecule has 1 aromatic rings. The van der Waals surface area contributed by atoms with Gasteiger partial charge in [0.05, 0.1) is 12.2 Å². The van der Waals surface area contributed by atoms with Crippen molar-refractivity contribution in [2.45, 2.75) is 19.5 Å². The van der Waals surface area contributed by atoms with E-state index in [4.69, 9.17) is 5.73 Å². The number of hydrogen-bond donors (Lipinski definition) is 1. The highest BCUT2D eigenvalue weighted by atomic mass is 19.4. The Hall–Kier alpha value is -2.16. The van der Waals surface area contributed by atoms with Crippen LogP contribution in [0.5, 0.6) is 0 Å². The highest BCUT2D eigenvalue weighted by Crippen LogP contribution is 2.33. The number of benzene rings is 1. The van der Waals surface area contributed by atoms with Gasteiger partial charge in [0, 0.05) is 11.3 Å². The Morgan fingerprint density at radius 3 is 2.63 bits per heavy atom. The van der Waals surface area contributed by atoms with E-state index in [1.807, 2.05) is 0 Å². The molecule has 6 heteroatoms. The predicted octanol–water partition coefficient (Wildman–Crippen LogP) is 2.59. The summed E-state index contributed by atoms with van der Waals surface area (Å²) in [5.74, 6) is 4.59. The van der Waals surface area contributed by atoms with Gasteiger partial charge in [0.2, 0.25) is 0 Å². The number of alkyl halides is 3. The molecule has 0 aliphatic rings. The zero-order chi connectivity index (χ0) is 14.5. The Labute approximate surface area is 108 Å². The van der Waals surface area contributed by atoms with Crippen molar-refractivity contribution in [3.8, 4) is 11.8 Å². The van der Waals surface area contributed by atoms with E-state index < -0.39 is 23.4 Å². The fourth-order valence-corrected chi connectivity index (χ4v) is 1.33. The number of halogens is 3. The summed E-state index contributed by atoms with van der Waals surface area (Å²) in [6, 6.07) is 3.20. The zero-order valence-corrected chi connectivity index (χ0v) is 10.2. The molecule has 0 bridgehead atoms. The number of carbonyl (C=O) groups is 1. The molecule has 0 fully saturated rings. The van der Waals surface area contributed by atoms with Crippen LogP contribution >= 0.6 is 0 Å². The third kappa shape index (κ3) is 4.54. The lowest BCUT2D eigenvalue weighted by Gasteiger charge is -2.09. The van der Waals surface area contributed by atoms with Crippen molar-refractivity contribution < 1.29 is 22.7 Å². The first-order valence-corrected chi connectivity index (χ1v) is 5.45. The lowest BCUT2D eigenvalue weighted by atomic mass is 10.1. The Bertz CT molecular complexity index is 527. The standard InChI is InChI=1S/C13H12F3NO2/c1-2-19-12(18)5-3-4-9-6-7-10(11(17)8-9)13(14,15)16/h6-8H,2,5,17H2,1H3. The topological polar surface area (TPSA) is 52.3 Å². The van der Waals surface area contributed by atoms with Crippen LogP contribution in [0.1, 0.15) is 24.5 Å². The van der Waals surface area contributed by atoms with Gasteiger partial charge in [-0.05, 0) is 25.1 Å². The molecule has 0 saturated carbocycles. The number of anilines is 1. The number of hydrogen-bond acceptors (Lipinski definition) is 3. The molecule has 0 heterocycles. The fraction of sp³-hybridized carbons (Fsp3) is 0.308. The molecule has 1 rings (SSSR count). The summed E-state index contributed by atoms with van der Waals surface area (Å²) in [5, 5.41) is 0. The summed E-state index contributed by atoms with van der Waals surface area (Å²) < 4.78 is 42.0. The number of nitrogens with two attached hydrogens (primary N) is 1. The highest BCUT2D eigenvalue weighted by Gasteiger charge is 2.32. The van der Waals surface area contributed by atoms with Crippen LogP contribution in [0.2, 0.25) is 0 Å². The van der Waals surface area contributed by atoms with Crippen LogP contribution in [-0.4, -0.2) is 12.6 Å². The predicted molar refractivity (Wildman–Crippen MR) is 64.0 cm³/mol. The summed E-state index contributed by atoms with van der Waals surface area (Å²) >= 11 is 0. The number of carbonyl (C=O) groups excluding carboxylic acids is 1. The van der Waals surface area contributed by atoms with Crippen molar-refractivity contribution in [2.24, 2.45) is 0 Å². The maximum Gasteiger partial charge on any atom is 0.418 e. The highest BCUT2D eigenvalue weighted by molar-refractivity contribution is 5.72. The fourth-order valence-electron chi connectivity index (χ4n) is 1.33. The smallest absolute Gasteiger partial charge is 0.418 e. The van der Waals surface area contributed by atoms with Crippen molar-refractivity contribution in [1.29, 1.82) is 0 Å². The second-order valence-corrected chi connectivity index (χ2v) is 3.58. The van der Waals surface area contributed by atoms with Crippen molar-refractivity contribution in [3.63, 3.8) is 0 Å². The number of ether oxygens (including phenoxy) is 1. The summed E-state index contributed by atoms with van der Waals surface area (Å²) in [6.07, 6.45) is -4.60. The SMILES string of the molecule is CCOC(=O)CC#Cc1ccc(C(F)(F)F)c(N)c1. The van der Waals surface area contributed by atoms with Gasteiger partial charge in [-0.2, -0.15) is 13.2 Å². The van der Waals surface area contributed by atoms with Crippen molar-refractivity contribution in [3.05, 3.63) is 29.3 Å². The maximum atomic E-state index is 12.4. The monoisotopic (exact) mass is 271 g/mol. The van der Waals surface area contributed by atoms with Gasteiger partial charge in [-0.15, -0.1) is 0 Å². The van der Waals surface area contributed by atoms with Gasteiger partial charge in [-0.1, -0.05) is 11.8 Å². The number of esters is 1. The van der Waals surface area contributed by atoms with E-state index in [1.54, 1.807) is 6.92 Å². The number of nitrogen functional groups attached to an aromatic ring is 1. The van der Waals surface area contributed by atoms with E-state index in [1.165, 1.54) is 6.07 Å². The first-order chi connectivity index (χ1) is 8.84. The molecular weight excluding hydrogens is 259 g/mol. The third-order valence-electron chi connectivity index (χ3n) is 2.13. The van der Waals surface area contributed by atoms with E-state index >= 15 is 0 Å². The van der Waals surface area contributed by atoms with Crippen LogP contribution in [0.3, 0.4) is 0 Å². The summed E-state index contributed by atoms with van der Waals surface area (Å²) in [5.41, 5.74) is 4.33.